The zero-order valence-corrected chi connectivity index (χ0v) is 7.77. The normalized spacial score (nSPS) is 15.4. The fraction of sp³-hybridized carbons (Fsp3) is 0.167. The minimum Gasteiger partial charge on any atom is -0.204 e. The lowest BCUT2D eigenvalue weighted by Crippen LogP contribution is -1.93. The van der Waals surface area contributed by atoms with E-state index in [0.29, 0.717) is 12.0 Å². The van der Waals surface area contributed by atoms with Crippen LogP contribution in [0.4, 0.5) is 8.78 Å². The molecule has 1 aromatic carbocycles. The lowest BCUT2D eigenvalue weighted by molar-refractivity contribution is 0.506. The number of benzene rings is 1. The highest BCUT2D eigenvalue weighted by Crippen LogP contribution is 2.30. The van der Waals surface area contributed by atoms with Crippen LogP contribution in [0.25, 0.3) is 5.57 Å². The van der Waals surface area contributed by atoms with Gasteiger partial charge in [0, 0.05) is 5.56 Å². The molecule has 0 unspecified atom stereocenters. The van der Waals surface area contributed by atoms with Crippen molar-refractivity contribution < 1.29 is 8.78 Å². The Kier molecular flexibility index (Phi) is 2.20. The Bertz CT molecular complexity index is 428. The first-order valence-corrected chi connectivity index (χ1v) is 4.42. The van der Waals surface area contributed by atoms with Crippen molar-refractivity contribution in [3.63, 3.8) is 0 Å². The third-order valence-corrected chi connectivity index (χ3v) is 2.32. The molecule has 2 rings (SSSR count). The van der Waals surface area contributed by atoms with Crippen LogP contribution in [0.15, 0.2) is 29.8 Å². The van der Waals surface area contributed by atoms with Crippen LogP contribution in [-0.4, -0.2) is 0 Å². The van der Waals surface area contributed by atoms with Crippen molar-refractivity contribution in [2.24, 2.45) is 0 Å². The quantitative estimate of drug-likeness (QED) is 0.637. The van der Waals surface area contributed by atoms with E-state index in [0.717, 1.165) is 17.2 Å². The van der Waals surface area contributed by atoms with Crippen molar-refractivity contribution in [3.05, 3.63) is 53.1 Å². The van der Waals surface area contributed by atoms with Gasteiger partial charge in [-0.1, -0.05) is 18.2 Å². The van der Waals surface area contributed by atoms with E-state index in [1.54, 1.807) is 6.07 Å². The summed E-state index contributed by atoms with van der Waals surface area (Å²) in [5.41, 5.74) is 1.96. The number of hydrogen-bond donors (Lipinski definition) is 0. The van der Waals surface area contributed by atoms with Crippen molar-refractivity contribution in [2.75, 3.05) is 0 Å². The lowest BCUT2D eigenvalue weighted by atomic mass is 10.0. The molecule has 2 heteroatoms. The predicted octanol–water partition coefficient (Wildman–Crippen LogP) is 3.50. The molecule has 0 heterocycles. The maximum Gasteiger partial charge on any atom is 0.166 e. The fourth-order valence-electron chi connectivity index (χ4n) is 1.58. The van der Waals surface area contributed by atoms with Crippen molar-refractivity contribution in [1.29, 1.82) is 0 Å². The summed E-state index contributed by atoms with van der Waals surface area (Å²) in [5, 5.41) is 0. The molecule has 0 atom stereocenters. The van der Waals surface area contributed by atoms with Gasteiger partial charge in [-0.25, -0.2) is 8.78 Å². The third kappa shape index (κ3) is 1.37. The number of rotatable bonds is 1. The first kappa shape index (κ1) is 9.13. The summed E-state index contributed by atoms with van der Waals surface area (Å²) in [4.78, 5) is 0. The van der Waals surface area contributed by atoms with Crippen molar-refractivity contribution in [2.45, 2.75) is 13.3 Å². The van der Waals surface area contributed by atoms with Gasteiger partial charge in [0.25, 0.3) is 0 Å². The van der Waals surface area contributed by atoms with Gasteiger partial charge in [0.2, 0.25) is 0 Å². The van der Waals surface area contributed by atoms with E-state index in [4.69, 9.17) is 0 Å². The van der Waals surface area contributed by atoms with E-state index < -0.39 is 11.6 Å². The standard InChI is InChI=1S/C12H9F2/c1-8-4-2-5-9(8)10-6-3-7-11(13)12(10)14/h3,5-7H,2H2,1H3. The minimum atomic E-state index is -0.803. The molecule has 1 radical (unpaired) electrons. The Hall–Kier alpha value is -1.44. The molecule has 0 bridgehead atoms. The molecule has 0 amide bonds. The topological polar surface area (TPSA) is 0 Å². The average molecular weight is 191 g/mol. The van der Waals surface area contributed by atoms with Crippen molar-refractivity contribution >= 4 is 5.57 Å². The molecule has 0 saturated carbocycles. The Balaban J connectivity index is 2.53. The second-order valence-electron chi connectivity index (χ2n) is 3.23. The van der Waals surface area contributed by atoms with Gasteiger partial charge in [0.05, 0.1) is 0 Å². The van der Waals surface area contributed by atoms with Gasteiger partial charge >= 0.3 is 0 Å². The van der Waals surface area contributed by atoms with Crippen LogP contribution in [0.3, 0.4) is 0 Å². The molecule has 1 aliphatic rings. The third-order valence-electron chi connectivity index (χ3n) is 2.32. The van der Waals surface area contributed by atoms with E-state index in [9.17, 15) is 8.78 Å². The molecular formula is C12H9F2. The van der Waals surface area contributed by atoms with Gasteiger partial charge in [-0.3, -0.25) is 0 Å². The first-order valence-electron chi connectivity index (χ1n) is 4.42. The Morgan fingerprint density at radius 1 is 1.29 bits per heavy atom. The van der Waals surface area contributed by atoms with Crippen LogP contribution >= 0.6 is 0 Å². The molecule has 0 spiro atoms. The van der Waals surface area contributed by atoms with Crippen molar-refractivity contribution in [1.82, 2.24) is 0 Å². The lowest BCUT2D eigenvalue weighted by Gasteiger charge is -2.06. The summed E-state index contributed by atoms with van der Waals surface area (Å²) in [6, 6.07) is 4.22. The van der Waals surface area contributed by atoms with Crippen LogP contribution in [0.2, 0.25) is 0 Å². The summed E-state index contributed by atoms with van der Waals surface area (Å²) in [5.74, 6) is -1.58. The molecule has 1 aromatic rings. The van der Waals surface area contributed by atoms with Crippen LogP contribution in [0.1, 0.15) is 18.9 Å². The number of halogens is 2. The average Bonchev–Trinajstić information content (AvgIpc) is 2.57. The Labute approximate surface area is 81.6 Å². The Morgan fingerprint density at radius 2 is 2.07 bits per heavy atom. The highest BCUT2D eigenvalue weighted by atomic mass is 19.2. The van der Waals surface area contributed by atoms with Gasteiger partial charge in [-0.2, -0.15) is 0 Å². The molecule has 0 fully saturated rings. The molecule has 0 N–H and O–H groups in total. The van der Waals surface area contributed by atoms with Crippen molar-refractivity contribution in [3.8, 4) is 0 Å². The minimum absolute atomic E-state index is 0.326. The smallest absolute Gasteiger partial charge is 0.166 e. The maximum atomic E-state index is 13.4. The summed E-state index contributed by atoms with van der Waals surface area (Å²) in [6.45, 7) is 1.85. The van der Waals surface area contributed by atoms with Gasteiger partial charge < -0.3 is 0 Å². The molecule has 14 heavy (non-hydrogen) atoms. The molecule has 71 valence electrons. The summed E-state index contributed by atoms with van der Waals surface area (Å²) in [6.07, 6.45) is 5.58. The summed E-state index contributed by atoms with van der Waals surface area (Å²) < 4.78 is 26.3. The van der Waals surface area contributed by atoms with Crippen LogP contribution in [-0.2, 0) is 0 Å². The number of hydrogen-bond acceptors (Lipinski definition) is 0. The van der Waals surface area contributed by atoms with Gasteiger partial charge in [0.15, 0.2) is 11.6 Å². The van der Waals surface area contributed by atoms with E-state index in [2.05, 4.69) is 6.08 Å². The van der Waals surface area contributed by atoms with Gasteiger partial charge in [-0.05, 0) is 36.6 Å². The van der Waals surface area contributed by atoms with E-state index in [1.165, 1.54) is 6.07 Å². The SMILES string of the molecule is CC1=[C]CC=C1c1cccc(F)c1F. The van der Waals surface area contributed by atoms with E-state index >= 15 is 0 Å². The fourth-order valence-corrected chi connectivity index (χ4v) is 1.58. The second kappa shape index (κ2) is 3.37. The van der Waals surface area contributed by atoms with Gasteiger partial charge in [-0.15, -0.1) is 0 Å². The molecule has 0 aromatic heterocycles. The van der Waals surface area contributed by atoms with Crippen LogP contribution < -0.4 is 0 Å². The zero-order chi connectivity index (χ0) is 10.1. The zero-order valence-electron chi connectivity index (χ0n) is 7.77. The van der Waals surface area contributed by atoms with Crippen LogP contribution in [0.5, 0.6) is 0 Å². The van der Waals surface area contributed by atoms with Gasteiger partial charge in [0.1, 0.15) is 0 Å². The molecule has 0 nitrogen and oxygen atoms in total. The summed E-state index contributed by atoms with van der Waals surface area (Å²) in [7, 11) is 0. The summed E-state index contributed by atoms with van der Waals surface area (Å²) >= 11 is 0. The number of allylic oxidation sites excluding steroid dienone is 4. The van der Waals surface area contributed by atoms with E-state index in [-0.39, 0.29) is 0 Å². The van der Waals surface area contributed by atoms with Crippen LogP contribution in [0, 0.1) is 17.7 Å². The second-order valence-corrected chi connectivity index (χ2v) is 3.23. The Morgan fingerprint density at radius 3 is 2.71 bits per heavy atom. The predicted molar refractivity (Wildman–Crippen MR) is 51.4 cm³/mol. The highest BCUT2D eigenvalue weighted by Gasteiger charge is 2.14. The van der Waals surface area contributed by atoms with E-state index in [1.807, 2.05) is 13.0 Å². The highest BCUT2D eigenvalue weighted by molar-refractivity contribution is 5.80. The molecular weight excluding hydrogens is 182 g/mol. The maximum absolute atomic E-state index is 13.4. The first-order chi connectivity index (χ1) is 6.70. The monoisotopic (exact) mass is 191 g/mol. The molecule has 0 saturated heterocycles. The largest absolute Gasteiger partial charge is 0.204 e. The molecule has 1 aliphatic carbocycles. The molecule has 0 aliphatic heterocycles.